The van der Waals surface area contributed by atoms with Crippen LogP contribution >= 0.6 is 0 Å². The lowest BCUT2D eigenvalue weighted by molar-refractivity contribution is 0.121. The average Bonchev–Trinajstić information content (AvgIpc) is 2.05. The molecule has 0 heterocycles. The fourth-order valence-corrected chi connectivity index (χ4v) is 1.67. The zero-order chi connectivity index (χ0) is 11.5. The molecule has 2 heteroatoms. The van der Waals surface area contributed by atoms with Gasteiger partial charge in [0.05, 0.1) is 6.10 Å². The van der Waals surface area contributed by atoms with Crippen molar-refractivity contribution < 1.29 is 9.50 Å². The van der Waals surface area contributed by atoms with Crippen molar-refractivity contribution >= 4 is 0 Å². The van der Waals surface area contributed by atoms with Gasteiger partial charge in [-0.2, -0.15) is 0 Å². The molecule has 0 aliphatic carbocycles. The van der Waals surface area contributed by atoms with Crippen molar-refractivity contribution in [3.05, 3.63) is 35.6 Å². The Hall–Kier alpha value is -0.890. The molecule has 0 aliphatic heterocycles. The Morgan fingerprint density at radius 3 is 2.20 bits per heavy atom. The van der Waals surface area contributed by atoms with E-state index < -0.39 is 0 Å². The molecule has 0 fully saturated rings. The monoisotopic (exact) mass is 210 g/mol. The molecule has 1 aromatic carbocycles. The van der Waals surface area contributed by atoms with E-state index in [4.69, 9.17) is 0 Å². The Morgan fingerprint density at radius 1 is 1.20 bits per heavy atom. The van der Waals surface area contributed by atoms with Gasteiger partial charge in [-0.15, -0.1) is 0 Å². The Kier molecular flexibility index (Phi) is 3.86. The highest BCUT2D eigenvalue weighted by atomic mass is 19.1. The number of aliphatic hydroxyl groups is 1. The van der Waals surface area contributed by atoms with Crippen LogP contribution in [0.4, 0.5) is 4.39 Å². The summed E-state index contributed by atoms with van der Waals surface area (Å²) in [6.07, 6.45) is 0.998. The summed E-state index contributed by atoms with van der Waals surface area (Å²) in [7, 11) is 0. The third kappa shape index (κ3) is 4.93. The van der Waals surface area contributed by atoms with Crippen molar-refractivity contribution in [2.75, 3.05) is 0 Å². The van der Waals surface area contributed by atoms with E-state index in [9.17, 15) is 9.50 Å². The van der Waals surface area contributed by atoms with Gasteiger partial charge in [0.15, 0.2) is 0 Å². The van der Waals surface area contributed by atoms with Gasteiger partial charge in [-0.05, 0) is 36.0 Å². The number of aliphatic hydroxyl groups excluding tert-OH is 1. The van der Waals surface area contributed by atoms with Crippen LogP contribution in [0.25, 0.3) is 0 Å². The number of benzene rings is 1. The van der Waals surface area contributed by atoms with E-state index in [1.54, 1.807) is 12.1 Å². The smallest absolute Gasteiger partial charge is 0.123 e. The summed E-state index contributed by atoms with van der Waals surface area (Å²) < 4.78 is 12.6. The quantitative estimate of drug-likeness (QED) is 0.812. The van der Waals surface area contributed by atoms with E-state index in [-0.39, 0.29) is 17.3 Å². The number of rotatable bonds is 3. The number of halogens is 1. The minimum absolute atomic E-state index is 0.124. The van der Waals surface area contributed by atoms with Gasteiger partial charge in [0.2, 0.25) is 0 Å². The average molecular weight is 210 g/mol. The highest BCUT2D eigenvalue weighted by Crippen LogP contribution is 2.22. The molecule has 1 N–H and O–H groups in total. The summed E-state index contributed by atoms with van der Waals surface area (Å²) in [5.74, 6) is -0.232. The zero-order valence-corrected chi connectivity index (χ0v) is 9.63. The summed E-state index contributed by atoms with van der Waals surface area (Å²) in [6, 6.07) is 6.31. The van der Waals surface area contributed by atoms with Crippen LogP contribution in [0.5, 0.6) is 0 Å². The summed E-state index contributed by atoms with van der Waals surface area (Å²) in [4.78, 5) is 0. The van der Waals surface area contributed by atoms with Gasteiger partial charge in [0.1, 0.15) is 5.82 Å². The first kappa shape index (κ1) is 12.2. The van der Waals surface area contributed by atoms with Crippen LogP contribution in [-0.2, 0) is 6.42 Å². The lowest BCUT2D eigenvalue weighted by atomic mass is 9.87. The van der Waals surface area contributed by atoms with Crippen molar-refractivity contribution in [3.63, 3.8) is 0 Å². The molecule has 0 bridgehead atoms. The topological polar surface area (TPSA) is 20.2 Å². The van der Waals surface area contributed by atoms with Crippen LogP contribution in [0.1, 0.15) is 32.8 Å². The van der Waals surface area contributed by atoms with Crippen molar-refractivity contribution in [3.8, 4) is 0 Å². The van der Waals surface area contributed by atoms with Crippen LogP contribution in [0.2, 0.25) is 0 Å². The molecule has 0 radical (unpaired) electrons. The van der Waals surface area contributed by atoms with E-state index in [0.717, 1.165) is 12.0 Å². The third-order valence-corrected chi connectivity index (χ3v) is 2.23. The molecule has 1 unspecified atom stereocenters. The molecule has 1 rings (SSSR count). The second-order valence-corrected chi connectivity index (χ2v) is 5.25. The highest BCUT2D eigenvalue weighted by Gasteiger charge is 2.16. The lowest BCUT2D eigenvalue weighted by Crippen LogP contribution is -2.19. The molecule has 1 atom stereocenters. The summed E-state index contributed by atoms with van der Waals surface area (Å²) in [5.41, 5.74) is 1.10. The fraction of sp³-hybridized carbons (Fsp3) is 0.538. The van der Waals surface area contributed by atoms with Crippen molar-refractivity contribution in [1.82, 2.24) is 0 Å². The molecule has 0 saturated heterocycles. The zero-order valence-electron chi connectivity index (χ0n) is 9.63. The molecule has 15 heavy (non-hydrogen) atoms. The maximum absolute atomic E-state index is 12.6. The van der Waals surface area contributed by atoms with E-state index in [0.29, 0.717) is 6.42 Å². The Balaban J connectivity index is 2.51. The Labute approximate surface area is 90.9 Å². The SMILES string of the molecule is CC(C)(C)CC(O)Cc1ccc(F)cc1. The van der Waals surface area contributed by atoms with Crippen LogP contribution in [0.15, 0.2) is 24.3 Å². The molecule has 0 saturated carbocycles. The highest BCUT2D eigenvalue weighted by molar-refractivity contribution is 5.16. The first-order valence-corrected chi connectivity index (χ1v) is 5.29. The largest absolute Gasteiger partial charge is 0.393 e. The Morgan fingerprint density at radius 2 is 1.73 bits per heavy atom. The van der Waals surface area contributed by atoms with Gasteiger partial charge in [-0.25, -0.2) is 4.39 Å². The molecule has 0 aromatic heterocycles. The van der Waals surface area contributed by atoms with Gasteiger partial charge < -0.3 is 5.11 Å². The maximum atomic E-state index is 12.6. The first-order chi connectivity index (χ1) is 6.87. The van der Waals surface area contributed by atoms with Gasteiger partial charge in [-0.1, -0.05) is 32.9 Å². The molecule has 1 nitrogen and oxygen atoms in total. The molecule has 0 spiro atoms. The second kappa shape index (κ2) is 4.75. The molecule has 0 amide bonds. The van der Waals surface area contributed by atoms with Gasteiger partial charge >= 0.3 is 0 Å². The minimum atomic E-state index is -0.351. The van der Waals surface area contributed by atoms with Crippen LogP contribution in [0.3, 0.4) is 0 Å². The van der Waals surface area contributed by atoms with E-state index >= 15 is 0 Å². The number of hydrogen-bond donors (Lipinski definition) is 1. The second-order valence-electron chi connectivity index (χ2n) is 5.25. The fourth-order valence-electron chi connectivity index (χ4n) is 1.67. The van der Waals surface area contributed by atoms with Crippen molar-refractivity contribution in [2.24, 2.45) is 5.41 Å². The number of hydrogen-bond acceptors (Lipinski definition) is 1. The van der Waals surface area contributed by atoms with E-state index in [1.807, 2.05) is 0 Å². The molecule has 1 aromatic rings. The third-order valence-electron chi connectivity index (χ3n) is 2.23. The van der Waals surface area contributed by atoms with E-state index in [2.05, 4.69) is 20.8 Å². The van der Waals surface area contributed by atoms with Gasteiger partial charge in [0.25, 0.3) is 0 Å². The first-order valence-electron chi connectivity index (χ1n) is 5.29. The summed E-state index contributed by atoms with van der Waals surface area (Å²) in [5, 5.41) is 9.81. The van der Waals surface area contributed by atoms with Crippen LogP contribution in [0, 0.1) is 11.2 Å². The van der Waals surface area contributed by atoms with Crippen LogP contribution in [-0.4, -0.2) is 11.2 Å². The standard InChI is InChI=1S/C13H19FO/c1-13(2,3)9-12(15)8-10-4-6-11(14)7-5-10/h4-7,12,15H,8-9H2,1-3H3. The predicted molar refractivity (Wildman–Crippen MR) is 60.2 cm³/mol. The van der Waals surface area contributed by atoms with Crippen molar-refractivity contribution in [2.45, 2.75) is 39.7 Å². The Bertz CT molecular complexity index is 297. The van der Waals surface area contributed by atoms with Gasteiger partial charge in [-0.3, -0.25) is 0 Å². The molecule has 84 valence electrons. The minimum Gasteiger partial charge on any atom is -0.393 e. The molecule has 0 aliphatic rings. The lowest BCUT2D eigenvalue weighted by Gasteiger charge is -2.22. The van der Waals surface area contributed by atoms with Crippen molar-refractivity contribution in [1.29, 1.82) is 0 Å². The normalized spacial score (nSPS) is 13.9. The van der Waals surface area contributed by atoms with E-state index in [1.165, 1.54) is 12.1 Å². The van der Waals surface area contributed by atoms with Gasteiger partial charge in [0, 0.05) is 0 Å². The predicted octanol–water partition coefficient (Wildman–Crippen LogP) is 3.17. The summed E-state index contributed by atoms with van der Waals surface area (Å²) >= 11 is 0. The summed E-state index contributed by atoms with van der Waals surface area (Å²) in [6.45, 7) is 6.29. The van der Waals surface area contributed by atoms with Crippen LogP contribution < -0.4 is 0 Å². The molecular weight excluding hydrogens is 191 g/mol. The molecular formula is C13H19FO. The maximum Gasteiger partial charge on any atom is 0.123 e.